The number of piperidine rings is 1. The second kappa shape index (κ2) is 8.78. The van der Waals surface area contributed by atoms with Gasteiger partial charge in [0.2, 0.25) is 0 Å². The third-order valence-electron chi connectivity index (χ3n) is 4.49. The molecule has 0 spiro atoms. The Hall–Kier alpha value is 0.0569. The van der Waals surface area contributed by atoms with Gasteiger partial charge in [0.05, 0.1) is 0 Å². The molecule has 0 atom stereocenters. The number of likely N-dealkylation sites (tertiary alicyclic amines) is 1. The highest BCUT2D eigenvalue weighted by Crippen LogP contribution is 2.37. The molecule has 1 fully saturated rings. The molecule has 1 aliphatic heterocycles. The van der Waals surface area contributed by atoms with Gasteiger partial charge in [0.15, 0.2) is 0 Å². The van der Waals surface area contributed by atoms with Gasteiger partial charge in [0.1, 0.15) is 15.4 Å². The van der Waals surface area contributed by atoms with Crippen LogP contribution in [0.1, 0.15) is 60.8 Å². The molecule has 0 bridgehead atoms. The molecule has 0 aliphatic carbocycles. The highest BCUT2D eigenvalue weighted by molar-refractivity contribution is 6.36. The quantitative estimate of drug-likeness (QED) is 0.402. The topological polar surface area (TPSA) is 47.7 Å². The molecular weight excluding hydrogens is 292 g/mol. The lowest BCUT2D eigenvalue weighted by Gasteiger charge is -2.55. The minimum Gasteiger partial charge on any atom is -0.357 e. The van der Waals surface area contributed by atoms with E-state index >= 15 is 0 Å². The molecule has 0 amide bonds. The van der Waals surface area contributed by atoms with E-state index in [2.05, 4.69) is 32.6 Å². The molecule has 0 aromatic carbocycles. The number of nitrogens with two attached hydrogens (primary N) is 1. The maximum atomic E-state index is 6.25. The molecule has 130 valence electrons. The van der Waals surface area contributed by atoms with Gasteiger partial charge in [0.25, 0.3) is 0 Å². The Kier molecular flexibility index (Phi) is 8.02. The van der Waals surface area contributed by atoms with Gasteiger partial charge < -0.3 is 15.2 Å². The van der Waals surface area contributed by atoms with Gasteiger partial charge in [-0.2, -0.15) is 0 Å². The van der Waals surface area contributed by atoms with Crippen molar-refractivity contribution < 1.29 is 9.47 Å². The molecule has 0 aromatic heterocycles. The predicted octanol–water partition coefficient (Wildman–Crippen LogP) is 2.84. The highest BCUT2D eigenvalue weighted by Gasteiger charge is 2.43. The molecule has 5 heteroatoms. The summed E-state index contributed by atoms with van der Waals surface area (Å²) < 4.78 is 11.3. The summed E-state index contributed by atoms with van der Waals surface area (Å²) in [5.74, 6) is -0.00852. The minimum atomic E-state index is -0.00852. The first-order valence-corrected chi connectivity index (χ1v) is 10.0. The van der Waals surface area contributed by atoms with E-state index in [9.17, 15) is 0 Å². The van der Waals surface area contributed by atoms with Crippen molar-refractivity contribution >= 4 is 9.52 Å². The average molecular weight is 329 g/mol. The first kappa shape index (κ1) is 20.1. The fraction of sp³-hybridized carbons (Fsp3) is 1.00. The van der Waals surface area contributed by atoms with Gasteiger partial charge in [-0.1, -0.05) is 6.04 Å². The van der Waals surface area contributed by atoms with Crippen LogP contribution in [-0.4, -0.2) is 57.2 Å². The summed E-state index contributed by atoms with van der Waals surface area (Å²) in [7, 11) is 0.721. The summed E-state index contributed by atoms with van der Waals surface area (Å²) in [6.07, 6.45) is 3.36. The van der Waals surface area contributed by atoms with E-state index in [0.29, 0.717) is 6.04 Å². The van der Waals surface area contributed by atoms with E-state index in [-0.39, 0.29) is 17.0 Å². The van der Waals surface area contributed by atoms with Crippen molar-refractivity contribution in [3.63, 3.8) is 0 Å². The molecule has 1 aliphatic rings. The van der Waals surface area contributed by atoms with Crippen LogP contribution in [0.5, 0.6) is 0 Å². The SMILES string of the molecule is CCOC(OCC)[Si]CCCN1C(C)(C)CC(N)CC1(C)C. The number of hydrogen-bond acceptors (Lipinski definition) is 4. The maximum absolute atomic E-state index is 6.25. The number of rotatable bonds is 9. The molecule has 1 saturated heterocycles. The van der Waals surface area contributed by atoms with Gasteiger partial charge in [-0.25, -0.2) is 0 Å². The Morgan fingerprint density at radius 1 is 1.09 bits per heavy atom. The zero-order valence-corrected chi connectivity index (χ0v) is 16.4. The molecule has 2 radical (unpaired) electrons. The van der Waals surface area contributed by atoms with Gasteiger partial charge >= 0.3 is 0 Å². The van der Waals surface area contributed by atoms with E-state index in [1.807, 2.05) is 13.8 Å². The third kappa shape index (κ3) is 5.93. The molecule has 2 N–H and O–H groups in total. The number of hydrogen-bond donors (Lipinski definition) is 1. The van der Waals surface area contributed by atoms with Crippen LogP contribution in [-0.2, 0) is 9.47 Å². The van der Waals surface area contributed by atoms with Gasteiger partial charge in [0, 0.05) is 30.3 Å². The Morgan fingerprint density at radius 3 is 2.05 bits per heavy atom. The van der Waals surface area contributed by atoms with E-state index in [1.165, 1.54) is 12.5 Å². The van der Waals surface area contributed by atoms with Crippen LogP contribution in [0.3, 0.4) is 0 Å². The summed E-state index contributed by atoms with van der Waals surface area (Å²) in [6, 6.07) is 1.49. The molecule has 22 heavy (non-hydrogen) atoms. The largest absolute Gasteiger partial charge is 0.357 e. The smallest absolute Gasteiger partial charge is 0.137 e. The Bertz CT molecular complexity index is 300. The predicted molar refractivity (Wildman–Crippen MR) is 94.3 cm³/mol. The summed E-state index contributed by atoms with van der Waals surface area (Å²) in [5.41, 5.74) is 6.62. The van der Waals surface area contributed by atoms with Crippen molar-refractivity contribution in [3.8, 4) is 0 Å². The molecule has 1 rings (SSSR count). The molecule has 0 unspecified atom stereocenters. The van der Waals surface area contributed by atoms with E-state index in [4.69, 9.17) is 15.2 Å². The van der Waals surface area contributed by atoms with E-state index in [0.717, 1.165) is 42.1 Å². The summed E-state index contributed by atoms with van der Waals surface area (Å²) in [6.45, 7) is 16.0. The van der Waals surface area contributed by atoms with Crippen LogP contribution in [0.4, 0.5) is 0 Å². The molecule has 4 nitrogen and oxygen atoms in total. The lowest BCUT2D eigenvalue weighted by atomic mass is 9.77. The molecule has 1 heterocycles. The zero-order valence-electron chi connectivity index (χ0n) is 15.4. The van der Waals surface area contributed by atoms with E-state index in [1.54, 1.807) is 0 Å². The van der Waals surface area contributed by atoms with Crippen molar-refractivity contribution in [1.82, 2.24) is 4.90 Å². The van der Waals surface area contributed by atoms with Crippen LogP contribution in [0.15, 0.2) is 0 Å². The lowest BCUT2D eigenvalue weighted by Crippen LogP contribution is -2.63. The van der Waals surface area contributed by atoms with E-state index < -0.39 is 0 Å². The van der Waals surface area contributed by atoms with Gasteiger partial charge in [-0.05, 0) is 67.3 Å². The standard InChI is InChI=1S/C17H36N2O2Si/c1-7-20-15(21-8-2)22-11-9-10-19-16(3,4)12-14(18)13-17(19,5)6/h14-15H,7-13,18H2,1-6H3. The van der Waals surface area contributed by atoms with Crippen LogP contribution < -0.4 is 5.73 Å². The molecule has 0 aromatic rings. The van der Waals surface area contributed by atoms with Crippen molar-refractivity contribution in [1.29, 1.82) is 0 Å². The first-order valence-electron chi connectivity index (χ1n) is 8.73. The summed E-state index contributed by atoms with van der Waals surface area (Å²) in [5, 5.41) is 0. The Balaban J connectivity index is 2.45. The van der Waals surface area contributed by atoms with Crippen molar-refractivity contribution in [2.45, 2.75) is 89.9 Å². The molecule has 0 saturated carbocycles. The van der Waals surface area contributed by atoms with Crippen molar-refractivity contribution in [3.05, 3.63) is 0 Å². The van der Waals surface area contributed by atoms with Crippen LogP contribution in [0.25, 0.3) is 0 Å². The summed E-state index contributed by atoms with van der Waals surface area (Å²) >= 11 is 0. The van der Waals surface area contributed by atoms with Crippen LogP contribution in [0, 0.1) is 0 Å². The van der Waals surface area contributed by atoms with Gasteiger partial charge in [-0.3, -0.25) is 4.90 Å². The number of ether oxygens (including phenoxy) is 2. The fourth-order valence-electron chi connectivity index (χ4n) is 3.93. The van der Waals surface area contributed by atoms with Crippen molar-refractivity contribution in [2.24, 2.45) is 5.73 Å². The second-order valence-electron chi connectivity index (χ2n) is 7.50. The molecular formula is C17H36N2O2Si. The van der Waals surface area contributed by atoms with Crippen molar-refractivity contribution in [2.75, 3.05) is 19.8 Å². The van der Waals surface area contributed by atoms with Crippen LogP contribution in [0.2, 0.25) is 6.04 Å². The first-order chi connectivity index (χ1) is 10.2. The van der Waals surface area contributed by atoms with Gasteiger partial charge in [-0.15, -0.1) is 0 Å². The third-order valence-corrected chi connectivity index (χ3v) is 5.80. The zero-order chi connectivity index (χ0) is 16.8. The fourth-order valence-corrected chi connectivity index (χ4v) is 5.09. The number of nitrogens with zero attached hydrogens (tertiary/aromatic N) is 1. The maximum Gasteiger partial charge on any atom is 0.137 e. The monoisotopic (exact) mass is 328 g/mol. The average Bonchev–Trinajstić information content (AvgIpc) is 2.35. The summed E-state index contributed by atoms with van der Waals surface area (Å²) in [4.78, 5) is 2.66. The minimum absolute atomic E-state index is 0.00852. The lowest BCUT2D eigenvalue weighted by molar-refractivity contribution is -0.0829. The highest BCUT2D eigenvalue weighted by atomic mass is 28.2. The second-order valence-corrected chi connectivity index (χ2v) is 8.87. The normalized spacial score (nSPS) is 22.4. The Labute approximate surface area is 139 Å². The Morgan fingerprint density at radius 2 is 1.59 bits per heavy atom. The van der Waals surface area contributed by atoms with Crippen LogP contribution >= 0.6 is 0 Å².